The Kier molecular flexibility index (Phi) is 5.73. The molecule has 0 amide bonds. The Morgan fingerprint density at radius 1 is 1.03 bits per heavy atom. The second-order valence-corrected chi connectivity index (χ2v) is 18.1. The lowest BCUT2D eigenvalue weighted by atomic mass is 9.44. The van der Waals surface area contributed by atoms with Crippen molar-refractivity contribution in [2.45, 2.75) is 123 Å². The first-order valence-electron chi connectivity index (χ1n) is 12.8. The van der Waals surface area contributed by atoms with Crippen LogP contribution in [0.15, 0.2) is 11.6 Å². The van der Waals surface area contributed by atoms with Crippen LogP contribution in [-0.2, 0) is 4.43 Å². The maximum absolute atomic E-state index is 11.5. The second kappa shape index (κ2) is 7.45. The molecule has 0 bridgehead atoms. The minimum absolute atomic E-state index is 0.111. The largest absolute Gasteiger partial charge is 0.414 e. The first-order valence-corrected chi connectivity index (χ1v) is 15.8. The van der Waals surface area contributed by atoms with Gasteiger partial charge in [0.1, 0.15) is 0 Å². The third-order valence-electron chi connectivity index (χ3n) is 11.1. The molecular weight excluding hydrogens is 384 g/mol. The molecule has 0 heterocycles. The molecule has 4 fully saturated rings. The van der Waals surface area contributed by atoms with Crippen molar-refractivity contribution in [2.24, 2.45) is 34.5 Å². The Balaban J connectivity index is 1.54. The molecule has 0 spiro atoms. The maximum Gasteiger partial charge on any atom is 0.192 e. The van der Waals surface area contributed by atoms with Crippen LogP contribution in [-0.4, -0.2) is 25.6 Å². The van der Waals surface area contributed by atoms with E-state index >= 15 is 0 Å². The molecule has 8 atom stereocenters. The van der Waals surface area contributed by atoms with Crippen LogP contribution in [0.1, 0.15) is 92.9 Å². The van der Waals surface area contributed by atoms with Crippen molar-refractivity contribution in [2.75, 3.05) is 0 Å². The van der Waals surface area contributed by atoms with Crippen LogP contribution in [0.5, 0.6) is 0 Å². The normalized spacial score (nSPS) is 48.2. The molecule has 2 nitrogen and oxygen atoms in total. The SMILES string of the molecule is C/C=C1/CC[C@H]2[C@@H]3[C@H](O)C[C@H]4CC(O[Si](C)(C)C(C)(C)C)CC[C@]4(C)[C@H]3CC[C@]12C. The number of hydrogen-bond acceptors (Lipinski definition) is 2. The Labute approximate surface area is 187 Å². The van der Waals surface area contributed by atoms with Gasteiger partial charge in [-0.05, 0) is 111 Å². The first-order chi connectivity index (χ1) is 13.8. The summed E-state index contributed by atoms with van der Waals surface area (Å²) in [5.74, 6) is 2.54. The fourth-order valence-electron chi connectivity index (χ4n) is 8.21. The fraction of sp³-hybridized carbons (Fsp3) is 0.926. The molecule has 4 saturated carbocycles. The highest BCUT2D eigenvalue weighted by Gasteiger charge is 2.61. The van der Waals surface area contributed by atoms with Crippen molar-refractivity contribution in [3.8, 4) is 0 Å². The van der Waals surface area contributed by atoms with Crippen LogP contribution in [0, 0.1) is 34.5 Å². The molecule has 30 heavy (non-hydrogen) atoms. The minimum atomic E-state index is -1.73. The fourth-order valence-corrected chi connectivity index (χ4v) is 9.61. The van der Waals surface area contributed by atoms with Gasteiger partial charge in [-0.2, -0.15) is 0 Å². The summed E-state index contributed by atoms with van der Waals surface area (Å²) in [5.41, 5.74) is 2.43. The zero-order chi connectivity index (χ0) is 22.1. The number of allylic oxidation sites excluding steroid dienone is 2. The van der Waals surface area contributed by atoms with E-state index in [4.69, 9.17) is 4.43 Å². The Morgan fingerprint density at radius 2 is 1.73 bits per heavy atom. The highest BCUT2D eigenvalue weighted by atomic mass is 28.4. The predicted octanol–water partition coefficient (Wildman–Crippen LogP) is 7.34. The molecule has 3 heteroatoms. The summed E-state index contributed by atoms with van der Waals surface area (Å²) in [6.07, 6.45) is 12.6. The third-order valence-corrected chi connectivity index (χ3v) is 15.6. The van der Waals surface area contributed by atoms with Gasteiger partial charge in [-0.25, -0.2) is 0 Å². The van der Waals surface area contributed by atoms with E-state index in [1.807, 2.05) is 0 Å². The zero-order valence-corrected chi connectivity index (χ0v) is 22.1. The van der Waals surface area contributed by atoms with Gasteiger partial charge in [-0.15, -0.1) is 0 Å². The van der Waals surface area contributed by atoms with Gasteiger partial charge in [-0.3, -0.25) is 0 Å². The summed E-state index contributed by atoms with van der Waals surface area (Å²) >= 11 is 0. The van der Waals surface area contributed by atoms with E-state index in [-0.39, 0.29) is 11.1 Å². The molecule has 0 aliphatic heterocycles. The van der Waals surface area contributed by atoms with Crippen LogP contribution in [0.2, 0.25) is 18.1 Å². The summed E-state index contributed by atoms with van der Waals surface area (Å²) in [4.78, 5) is 0. The molecule has 0 aromatic rings. The summed E-state index contributed by atoms with van der Waals surface area (Å²) in [5, 5.41) is 11.7. The van der Waals surface area contributed by atoms with Crippen molar-refractivity contribution in [3.05, 3.63) is 11.6 Å². The van der Waals surface area contributed by atoms with Crippen LogP contribution in [0.25, 0.3) is 0 Å². The summed E-state index contributed by atoms with van der Waals surface area (Å²) < 4.78 is 6.87. The van der Waals surface area contributed by atoms with Crippen LogP contribution < -0.4 is 0 Å². The molecule has 0 aromatic carbocycles. The average Bonchev–Trinajstić information content (AvgIpc) is 2.98. The summed E-state index contributed by atoms with van der Waals surface area (Å²) in [7, 11) is -1.73. The molecule has 0 radical (unpaired) electrons. The smallest absolute Gasteiger partial charge is 0.192 e. The summed E-state index contributed by atoms with van der Waals surface area (Å²) in [6, 6.07) is 0. The quantitative estimate of drug-likeness (QED) is 0.365. The van der Waals surface area contributed by atoms with E-state index in [0.717, 1.165) is 6.42 Å². The van der Waals surface area contributed by atoms with Gasteiger partial charge in [0.25, 0.3) is 0 Å². The van der Waals surface area contributed by atoms with Gasteiger partial charge in [0, 0.05) is 6.10 Å². The Bertz CT molecular complexity index is 691. The van der Waals surface area contributed by atoms with Crippen LogP contribution in [0.3, 0.4) is 0 Å². The number of aliphatic hydroxyl groups is 1. The van der Waals surface area contributed by atoms with Gasteiger partial charge in [-0.1, -0.05) is 46.3 Å². The topological polar surface area (TPSA) is 29.5 Å². The summed E-state index contributed by atoms with van der Waals surface area (Å²) in [6.45, 7) is 19.2. The van der Waals surface area contributed by atoms with Gasteiger partial charge < -0.3 is 9.53 Å². The highest BCUT2D eigenvalue weighted by molar-refractivity contribution is 6.74. The van der Waals surface area contributed by atoms with E-state index in [1.54, 1.807) is 5.57 Å². The standard InChI is InChI=1S/C27H48O2Si/c1-9-18-10-11-21-24-22(13-15-26(18,21)5)27(6)14-12-20(16-19(27)17-23(24)28)29-30(7,8)25(2,3)4/h9,19-24,28H,10-17H2,1-8H3/b18-9-/t19-,20?,21+,22+,23-,24+,26-,27+/m1/s1. The predicted molar refractivity (Wildman–Crippen MR) is 129 cm³/mol. The van der Waals surface area contributed by atoms with Gasteiger partial charge >= 0.3 is 0 Å². The average molecular weight is 433 g/mol. The number of rotatable bonds is 2. The molecule has 4 rings (SSSR count). The van der Waals surface area contributed by atoms with Crippen molar-refractivity contribution in [3.63, 3.8) is 0 Å². The molecule has 0 saturated heterocycles. The lowest BCUT2D eigenvalue weighted by Crippen LogP contribution is -2.58. The van der Waals surface area contributed by atoms with E-state index in [1.165, 1.54) is 44.9 Å². The third kappa shape index (κ3) is 3.41. The van der Waals surface area contributed by atoms with Crippen molar-refractivity contribution >= 4 is 8.32 Å². The Morgan fingerprint density at radius 3 is 2.37 bits per heavy atom. The molecule has 0 aromatic heterocycles. The second-order valence-electron chi connectivity index (χ2n) is 13.4. The van der Waals surface area contributed by atoms with Gasteiger partial charge in [0.05, 0.1) is 6.10 Å². The maximum atomic E-state index is 11.5. The highest BCUT2D eigenvalue weighted by Crippen LogP contribution is 2.67. The first kappa shape index (κ1) is 23.0. The van der Waals surface area contributed by atoms with E-state index < -0.39 is 8.32 Å². The monoisotopic (exact) mass is 432 g/mol. The minimum Gasteiger partial charge on any atom is -0.414 e. The lowest BCUT2D eigenvalue weighted by molar-refractivity contribution is -0.163. The molecule has 1 unspecified atom stereocenters. The van der Waals surface area contributed by atoms with Gasteiger partial charge in [0.15, 0.2) is 8.32 Å². The molecule has 4 aliphatic carbocycles. The van der Waals surface area contributed by atoms with Gasteiger partial charge in [0.2, 0.25) is 0 Å². The molecule has 4 aliphatic rings. The van der Waals surface area contributed by atoms with Crippen molar-refractivity contribution < 1.29 is 9.53 Å². The van der Waals surface area contributed by atoms with Crippen LogP contribution in [0.4, 0.5) is 0 Å². The van der Waals surface area contributed by atoms with Crippen molar-refractivity contribution in [1.29, 1.82) is 0 Å². The number of hydrogen-bond donors (Lipinski definition) is 1. The molecule has 1 N–H and O–H groups in total. The Hall–Kier alpha value is -0.123. The van der Waals surface area contributed by atoms with E-state index in [0.29, 0.717) is 40.6 Å². The molecular formula is C27H48O2Si. The van der Waals surface area contributed by atoms with Crippen molar-refractivity contribution in [1.82, 2.24) is 0 Å². The van der Waals surface area contributed by atoms with E-state index in [2.05, 4.69) is 60.7 Å². The number of aliphatic hydroxyl groups excluding tert-OH is 1. The van der Waals surface area contributed by atoms with Crippen LogP contribution >= 0.6 is 0 Å². The van der Waals surface area contributed by atoms with E-state index in [9.17, 15) is 5.11 Å². The zero-order valence-electron chi connectivity index (χ0n) is 21.1. The number of fused-ring (bicyclic) bond motifs is 5. The molecule has 172 valence electrons. The lowest BCUT2D eigenvalue weighted by Gasteiger charge is -2.62.